The second-order valence-corrected chi connectivity index (χ2v) is 7.27. The fourth-order valence-corrected chi connectivity index (χ4v) is 4.11. The van der Waals surface area contributed by atoms with Crippen LogP contribution >= 0.6 is 0 Å². The predicted molar refractivity (Wildman–Crippen MR) is 105 cm³/mol. The molecular weight excluding hydrogens is 350 g/mol. The van der Waals surface area contributed by atoms with E-state index in [1.54, 1.807) is 10.9 Å². The fourth-order valence-electron chi connectivity index (χ4n) is 4.11. The predicted octanol–water partition coefficient (Wildman–Crippen LogP) is 4.01. The number of benzene rings is 2. The lowest BCUT2D eigenvalue weighted by atomic mass is 10.00. The van der Waals surface area contributed by atoms with E-state index < -0.39 is 0 Å². The van der Waals surface area contributed by atoms with E-state index in [1.165, 1.54) is 11.1 Å². The summed E-state index contributed by atoms with van der Waals surface area (Å²) < 4.78 is 10.0. The number of aromatic nitrogens is 4. The Balaban J connectivity index is 1.50. The smallest absolute Gasteiger partial charge is 0.125 e. The highest BCUT2D eigenvalue weighted by molar-refractivity contribution is 5.81. The molecule has 0 radical (unpaired) electrons. The van der Waals surface area contributed by atoms with Gasteiger partial charge in [0.2, 0.25) is 0 Å². The Hall–Kier alpha value is -3.59. The van der Waals surface area contributed by atoms with Crippen molar-refractivity contribution in [2.24, 2.45) is 7.05 Å². The zero-order valence-electron chi connectivity index (χ0n) is 15.8. The average Bonchev–Trinajstić information content (AvgIpc) is 3.40. The van der Waals surface area contributed by atoms with Crippen molar-refractivity contribution >= 4 is 10.9 Å². The zero-order chi connectivity index (χ0) is 19.3. The number of aryl methyl sites for hydroxylation is 3. The lowest BCUT2D eigenvalue weighted by Gasteiger charge is -2.17. The van der Waals surface area contributed by atoms with Gasteiger partial charge in [0.1, 0.15) is 17.5 Å². The summed E-state index contributed by atoms with van der Waals surface area (Å²) >= 11 is 0. The average molecular weight is 369 g/mol. The number of rotatable bonds is 3. The first-order valence-electron chi connectivity index (χ1n) is 9.29. The van der Waals surface area contributed by atoms with Crippen LogP contribution in [0.15, 0.2) is 48.9 Å². The van der Waals surface area contributed by atoms with Crippen LogP contribution in [-0.4, -0.2) is 19.6 Å². The van der Waals surface area contributed by atoms with Crippen molar-refractivity contribution in [1.29, 1.82) is 5.26 Å². The molecule has 0 unspecified atom stereocenters. The number of fused-ring (bicyclic) bond motifs is 2. The quantitative estimate of drug-likeness (QED) is 0.547. The number of hydrogen-bond donors (Lipinski definition) is 0. The van der Waals surface area contributed by atoms with Crippen LogP contribution in [0.25, 0.3) is 16.6 Å². The van der Waals surface area contributed by atoms with Gasteiger partial charge in [0.25, 0.3) is 0 Å². The molecule has 1 atom stereocenters. The van der Waals surface area contributed by atoms with Gasteiger partial charge in [-0.2, -0.15) is 15.5 Å². The molecule has 0 saturated heterocycles. The summed E-state index contributed by atoms with van der Waals surface area (Å²) in [6, 6.07) is 12.2. The van der Waals surface area contributed by atoms with Crippen molar-refractivity contribution in [2.75, 3.05) is 0 Å². The molecule has 138 valence electrons. The van der Waals surface area contributed by atoms with Gasteiger partial charge in [0.15, 0.2) is 0 Å². The summed E-state index contributed by atoms with van der Waals surface area (Å²) in [4.78, 5) is 0. The molecule has 4 aromatic rings. The molecule has 2 aromatic heterocycles. The van der Waals surface area contributed by atoms with E-state index in [9.17, 15) is 5.26 Å². The maximum absolute atomic E-state index is 9.20. The van der Waals surface area contributed by atoms with E-state index in [0.717, 1.165) is 46.3 Å². The highest BCUT2D eigenvalue weighted by Gasteiger charge is 2.26. The molecule has 0 aliphatic heterocycles. The van der Waals surface area contributed by atoms with Crippen LogP contribution in [0, 0.1) is 18.3 Å². The molecule has 2 aromatic carbocycles. The van der Waals surface area contributed by atoms with Crippen LogP contribution in [-0.2, 0) is 13.5 Å². The first-order chi connectivity index (χ1) is 13.6. The SMILES string of the molecule is Cc1cc(C#N)cc2c1[C@@H](Oc1ccc3cnn(-c4cnn(C)c4)c3c1)CC2. The Kier molecular flexibility index (Phi) is 3.69. The van der Waals surface area contributed by atoms with Crippen LogP contribution < -0.4 is 4.74 Å². The van der Waals surface area contributed by atoms with Gasteiger partial charge in [0, 0.05) is 18.5 Å². The molecule has 1 aliphatic carbocycles. The van der Waals surface area contributed by atoms with Crippen LogP contribution in [0.2, 0.25) is 0 Å². The molecule has 0 fully saturated rings. The standard InChI is InChI=1S/C22H19N5O/c1-14-7-15(10-23)8-16-4-6-21(22(14)16)28-19-5-3-17-11-25-27(20(17)9-19)18-12-24-26(2)13-18/h3,5,7-9,11-13,21H,4,6H2,1-2H3/t21-/m0/s1. The Morgan fingerprint density at radius 3 is 2.86 bits per heavy atom. The highest BCUT2D eigenvalue weighted by Crippen LogP contribution is 2.38. The van der Waals surface area contributed by atoms with Crippen molar-refractivity contribution < 1.29 is 4.74 Å². The van der Waals surface area contributed by atoms with Crippen LogP contribution in [0.4, 0.5) is 0 Å². The van der Waals surface area contributed by atoms with Gasteiger partial charge in [-0.1, -0.05) is 0 Å². The molecular formula is C22H19N5O. The summed E-state index contributed by atoms with van der Waals surface area (Å²) in [6.45, 7) is 2.06. The first kappa shape index (κ1) is 16.6. The van der Waals surface area contributed by atoms with Gasteiger partial charge >= 0.3 is 0 Å². The Bertz CT molecular complexity index is 1240. The minimum Gasteiger partial charge on any atom is -0.486 e. The third-order valence-electron chi connectivity index (χ3n) is 5.36. The maximum atomic E-state index is 9.20. The normalized spacial score (nSPS) is 15.5. The first-order valence-corrected chi connectivity index (χ1v) is 9.29. The van der Waals surface area contributed by atoms with E-state index in [2.05, 4.69) is 23.2 Å². The van der Waals surface area contributed by atoms with Gasteiger partial charge in [-0.15, -0.1) is 0 Å². The van der Waals surface area contributed by atoms with E-state index in [4.69, 9.17) is 4.74 Å². The minimum absolute atomic E-state index is 0.00922. The summed E-state index contributed by atoms with van der Waals surface area (Å²) in [5.74, 6) is 0.819. The second-order valence-electron chi connectivity index (χ2n) is 7.27. The van der Waals surface area contributed by atoms with E-state index in [-0.39, 0.29) is 6.10 Å². The number of ether oxygens (including phenoxy) is 1. The monoisotopic (exact) mass is 369 g/mol. The Morgan fingerprint density at radius 2 is 2.07 bits per heavy atom. The summed E-state index contributed by atoms with van der Waals surface area (Å²) in [5, 5.41) is 19.0. The van der Waals surface area contributed by atoms with Gasteiger partial charge in [-0.3, -0.25) is 4.68 Å². The fraction of sp³-hybridized carbons (Fsp3) is 0.227. The topological polar surface area (TPSA) is 68.7 Å². The summed E-state index contributed by atoms with van der Waals surface area (Å²) in [5.41, 5.74) is 6.20. The van der Waals surface area contributed by atoms with Crippen LogP contribution in [0.5, 0.6) is 5.75 Å². The molecule has 0 bridgehead atoms. The van der Waals surface area contributed by atoms with E-state index in [1.807, 2.05) is 54.5 Å². The molecule has 0 amide bonds. The minimum atomic E-state index is 0.00922. The highest BCUT2D eigenvalue weighted by atomic mass is 16.5. The molecule has 6 heteroatoms. The number of nitriles is 1. The molecule has 1 aliphatic rings. The van der Waals surface area contributed by atoms with Crippen molar-refractivity contribution in [2.45, 2.75) is 25.9 Å². The van der Waals surface area contributed by atoms with Crippen molar-refractivity contribution in [1.82, 2.24) is 19.6 Å². The van der Waals surface area contributed by atoms with Crippen molar-refractivity contribution in [3.8, 4) is 17.5 Å². The zero-order valence-corrected chi connectivity index (χ0v) is 15.8. The van der Waals surface area contributed by atoms with Crippen LogP contribution in [0.3, 0.4) is 0 Å². The number of nitrogens with zero attached hydrogens (tertiary/aromatic N) is 5. The third-order valence-corrected chi connectivity index (χ3v) is 5.36. The molecule has 2 heterocycles. The Labute approximate surface area is 162 Å². The van der Waals surface area contributed by atoms with Crippen molar-refractivity contribution in [3.05, 3.63) is 71.2 Å². The van der Waals surface area contributed by atoms with Crippen molar-refractivity contribution in [3.63, 3.8) is 0 Å². The van der Waals surface area contributed by atoms with E-state index >= 15 is 0 Å². The lowest BCUT2D eigenvalue weighted by molar-refractivity contribution is 0.207. The van der Waals surface area contributed by atoms with Gasteiger partial charge < -0.3 is 4.74 Å². The molecule has 0 N–H and O–H groups in total. The molecule has 0 spiro atoms. The molecule has 6 nitrogen and oxygen atoms in total. The van der Waals surface area contributed by atoms with Gasteiger partial charge in [-0.25, -0.2) is 4.68 Å². The molecule has 28 heavy (non-hydrogen) atoms. The largest absolute Gasteiger partial charge is 0.486 e. The Morgan fingerprint density at radius 1 is 1.18 bits per heavy atom. The second kappa shape index (κ2) is 6.24. The van der Waals surface area contributed by atoms with E-state index in [0.29, 0.717) is 0 Å². The van der Waals surface area contributed by atoms with Crippen LogP contribution in [0.1, 0.15) is 34.8 Å². The van der Waals surface area contributed by atoms with Gasteiger partial charge in [0.05, 0.1) is 35.7 Å². The maximum Gasteiger partial charge on any atom is 0.125 e. The molecule has 5 rings (SSSR count). The summed E-state index contributed by atoms with van der Waals surface area (Å²) in [6.07, 6.45) is 7.45. The number of hydrogen-bond acceptors (Lipinski definition) is 4. The van der Waals surface area contributed by atoms with Gasteiger partial charge in [-0.05, 0) is 60.7 Å². The third kappa shape index (κ3) is 2.64. The lowest BCUT2D eigenvalue weighted by Crippen LogP contribution is -2.05. The summed E-state index contributed by atoms with van der Waals surface area (Å²) in [7, 11) is 1.89. The molecule has 0 saturated carbocycles.